The molecule has 0 radical (unpaired) electrons. The van der Waals surface area contributed by atoms with Gasteiger partial charge in [-0.2, -0.15) is 8.42 Å². The number of ether oxygens (including phenoxy) is 4. The third-order valence-corrected chi connectivity index (χ3v) is 10.1. The number of allylic oxidation sites excluding steroid dienone is 2. The average Bonchev–Trinajstić information content (AvgIpc) is 3.10. The number of hydrogen-bond acceptors (Lipinski definition) is 11. The maximum absolute atomic E-state index is 12.7. The summed E-state index contributed by atoms with van der Waals surface area (Å²) in [6.07, 6.45) is 19.9. The van der Waals surface area contributed by atoms with E-state index >= 15 is 0 Å². The van der Waals surface area contributed by atoms with Crippen molar-refractivity contribution < 1.29 is 56.8 Å². The normalized spacial score (nSPS) is 21.4. The Morgan fingerprint density at radius 2 is 1.10 bits per heavy atom. The summed E-state index contributed by atoms with van der Waals surface area (Å²) in [4.78, 5) is 25.2. The van der Waals surface area contributed by atoms with Crippen molar-refractivity contribution in [2.24, 2.45) is 0 Å². The molecule has 4 N–H and O–H groups in total. The van der Waals surface area contributed by atoms with Gasteiger partial charge in [-0.25, -0.2) is 0 Å². The molecule has 0 aromatic rings. The molecule has 6 atom stereocenters. The molecule has 0 aromatic carbocycles. The van der Waals surface area contributed by atoms with E-state index in [2.05, 4.69) is 26.0 Å². The molecule has 13 heteroatoms. The second kappa shape index (κ2) is 30.7. The van der Waals surface area contributed by atoms with Crippen LogP contribution in [0.15, 0.2) is 12.2 Å². The predicted octanol–water partition coefficient (Wildman–Crippen LogP) is 7.11. The quantitative estimate of drug-likeness (QED) is 0.0230. The first-order valence-corrected chi connectivity index (χ1v) is 21.9. The van der Waals surface area contributed by atoms with Gasteiger partial charge in [0, 0.05) is 12.8 Å². The van der Waals surface area contributed by atoms with Gasteiger partial charge in [0.25, 0.3) is 10.1 Å². The molecule has 2 unspecified atom stereocenters. The van der Waals surface area contributed by atoms with E-state index in [0.717, 1.165) is 57.8 Å². The lowest BCUT2D eigenvalue weighted by Gasteiger charge is -2.40. The average molecular weight is 765 g/mol. The van der Waals surface area contributed by atoms with E-state index in [-0.39, 0.29) is 19.4 Å². The van der Waals surface area contributed by atoms with Crippen LogP contribution in [-0.2, 0) is 38.7 Å². The van der Waals surface area contributed by atoms with Gasteiger partial charge in [-0.1, -0.05) is 129 Å². The van der Waals surface area contributed by atoms with E-state index in [9.17, 15) is 37.9 Å². The molecule has 0 aromatic heterocycles. The number of esters is 2. The Kier molecular flexibility index (Phi) is 28.6. The Morgan fingerprint density at radius 1 is 0.635 bits per heavy atom. The van der Waals surface area contributed by atoms with Crippen molar-refractivity contribution in [3.63, 3.8) is 0 Å². The fourth-order valence-electron chi connectivity index (χ4n) is 6.14. The van der Waals surface area contributed by atoms with Crippen molar-refractivity contribution in [3.05, 3.63) is 12.2 Å². The predicted molar refractivity (Wildman–Crippen MR) is 201 cm³/mol. The fourth-order valence-corrected chi connectivity index (χ4v) is 6.83. The van der Waals surface area contributed by atoms with Crippen LogP contribution in [0.3, 0.4) is 0 Å². The second-order valence-electron chi connectivity index (χ2n) is 14.3. The molecule has 0 bridgehead atoms. The maximum Gasteiger partial charge on any atom is 0.306 e. The third-order valence-electron chi connectivity index (χ3n) is 9.35. The first-order chi connectivity index (χ1) is 25.0. The van der Waals surface area contributed by atoms with E-state index in [1.54, 1.807) is 0 Å². The molecular weight excluding hydrogens is 692 g/mol. The number of carbonyl (C=O) groups is 2. The van der Waals surface area contributed by atoms with E-state index in [4.69, 9.17) is 18.9 Å². The Bertz CT molecular complexity index is 1040. The van der Waals surface area contributed by atoms with Gasteiger partial charge in [-0.3, -0.25) is 14.1 Å². The largest absolute Gasteiger partial charge is 0.462 e. The Morgan fingerprint density at radius 3 is 1.60 bits per heavy atom. The topological polar surface area (TPSA) is 186 Å². The van der Waals surface area contributed by atoms with Crippen molar-refractivity contribution in [2.75, 3.05) is 19.0 Å². The molecular formula is C39H72O12S. The van der Waals surface area contributed by atoms with Gasteiger partial charge in [0.05, 0.1) is 6.61 Å². The first-order valence-electron chi connectivity index (χ1n) is 20.2. The molecule has 1 heterocycles. The standard InChI is InChI=1S/C39H72O12S/c1-3-5-7-9-11-13-14-15-16-17-18-20-22-24-26-28-35(41)50-32(29-48-34(40)27-25-23-21-19-12-10-8-6-4-2)30-49-39-38(44)37(43)36(42)33(51-39)31-52(45,46)47/h15-16,32-33,36-39,42-44H,3-14,17-31H2,1-2H3,(H,45,46,47)/b16-15+/t32-,33-,36-,37?,38?,39+/m1/s1. The molecule has 1 aliphatic rings. The highest BCUT2D eigenvalue weighted by Crippen LogP contribution is 2.24. The van der Waals surface area contributed by atoms with Crippen LogP contribution in [0.25, 0.3) is 0 Å². The molecule has 1 aliphatic heterocycles. The zero-order valence-electron chi connectivity index (χ0n) is 32.2. The molecule has 12 nitrogen and oxygen atoms in total. The lowest BCUT2D eigenvalue weighted by atomic mass is 10.00. The van der Waals surface area contributed by atoms with Gasteiger partial charge in [-0.05, 0) is 38.5 Å². The minimum Gasteiger partial charge on any atom is -0.462 e. The van der Waals surface area contributed by atoms with Gasteiger partial charge in [0.15, 0.2) is 12.4 Å². The van der Waals surface area contributed by atoms with Crippen molar-refractivity contribution in [3.8, 4) is 0 Å². The molecule has 0 amide bonds. The smallest absolute Gasteiger partial charge is 0.306 e. The molecule has 52 heavy (non-hydrogen) atoms. The van der Waals surface area contributed by atoms with Crippen LogP contribution in [0, 0.1) is 0 Å². The zero-order valence-corrected chi connectivity index (χ0v) is 33.0. The van der Waals surface area contributed by atoms with E-state index in [0.29, 0.717) is 12.8 Å². The summed E-state index contributed by atoms with van der Waals surface area (Å²) in [5.74, 6) is -1.99. The van der Waals surface area contributed by atoms with E-state index < -0.39 is 71.2 Å². The van der Waals surface area contributed by atoms with Crippen LogP contribution < -0.4 is 0 Å². The molecule has 1 rings (SSSR count). The summed E-state index contributed by atoms with van der Waals surface area (Å²) in [6, 6.07) is 0. The molecule has 0 spiro atoms. The lowest BCUT2D eigenvalue weighted by molar-refractivity contribution is -0.297. The number of carbonyl (C=O) groups excluding carboxylic acids is 2. The van der Waals surface area contributed by atoms with Crippen LogP contribution in [0.1, 0.15) is 168 Å². The van der Waals surface area contributed by atoms with Crippen molar-refractivity contribution >= 4 is 22.1 Å². The number of aliphatic hydroxyl groups excluding tert-OH is 3. The molecule has 1 fully saturated rings. The summed E-state index contributed by atoms with van der Waals surface area (Å²) >= 11 is 0. The van der Waals surface area contributed by atoms with Gasteiger partial charge in [0.2, 0.25) is 0 Å². The van der Waals surface area contributed by atoms with Crippen LogP contribution in [0.4, 0.5) is 0 Å². The molecule has 0 aliphatic carbocycles. The summed E-state index contributed by atoms with van der Waals surface area (Å²) in [5, 5.41) is 30.7. The fraction of sp³-hybridized carbons (Fsp3) is 0.897. The highest BCUT2D eigenvalue weighted by Gasteiger charge is 2.46. The summed E-state index contributed by atoms with van der Waals surface area (Å²) in [5.41, 5.74) is 0. The Labute approximate surface area is 314 Å². The number of rotatable bonds is 33. The zero-order chi connectivity index (χ0) is 38.5. The number of aliphatic hydroxyl groups is 3. The maximum atomic E-state index is 12.7. The highest BCUT2D eigenvalue weighted by atomic mass is 32.2. The lowest BCUT2D eigenvalue weighted by Crippen LogP contribution is -2.60. The Hall–Kier alpha value is -1.61. The SMILES string of the molecule is CCCCCCCC/C=C/CCCCCCCC(=O)O[C@H](COC(=O)CCCCCCCCCCC)CO[C@H]1O[C@H](CS(=O)(=O)O)[C@@H](O)C(O)C1O. The number of unbranched alkanes of at least 4 members (excludes halogenated alkanes) is 19. The Balaban J connectivity index is 2.50. The summed E-state index contributed by atoms with van der Waals surface area (Å²) < 4.78 is 53.8. The second-order valence-corrected chi connectivity index (χ2v) is 15.8. The summed E-state index contributed by atoms with van der Waals surface area (Å²) in [7, 11) is -4.59. The van der Waals surface area contributed by atoms with Gasteiger partial charge in [0.1, 0.15) is 36.8 Å². The van der Waals surface area contributed by atoms with Crippen LogP contribution >= 0.6 is 0 Å². The molecule has 0 saturated carbocycles. The van der Waals surface area contributed by atoms with Crippen molar-refractivity contribution in [1.29, 1.82) is 0 Å². The highest BCUT2D eigenvalue weighted by molar-refractivity contribution is 7.85. The summed E-state index contributed by atoms with van der Waals surface area (Å²) in [6.45, 7) is 3.70. The molecule has 1 saturated heterocycles. The van der Waals surface area contributed by atoms with Gasteiger partial charge in [-0.15, -0.1) is 0 Å². The minimum absolute atomic E-state index is 0.158. The first kappa shape index (κ1) is 48.4. The van der Waals surface area contributed by atoms with Crippen molar-refractivity contribution in [1.82, 2.24) is 0 Å². The minimum atomic E-state index is -4.59. The van der Waals surface area contributed by atoms with E-state index in [1.165, 1.54) is 70.6 Å². The van der Waals surface area contributed by atoms with Gasteiger partial charge < -0.3 is 34.3 Å². The number of hydrogen-bond donors (Lipinski definition) is 4. The van der Waals surface area contributed by atoms with Crippen LogP contribution in [0.5, 0.6) is 0 Å². The monoisotopic (exact) mass is 764 g/mol. The van der Waals surface area contributed by atoms with E-state index in [1.807, 2.05) is 0 Å². The van der Waals surface area contributed by atoms with Crippen molar-refractivity contribution in [2.45, 2.75) is 205 Å². The van der Waals surface area contributed by atoms with Gasteiger partial charge >= 0.3 is 11.9 Å². The van der Waals surface area contributed by atoms with Crippen LogP contribution in [-0.4, -0.2) is 96.0 Å². The van der Waals surface area contributed by atoms with Crippen LogP contribution in [0.2, 0.25) is 0 Å². The third kappa shape index (κ3) is 25.4. The molecule has 306 valence electrons.